The summed E-state index contributed by atoms with van der Waals surface area (Å²) in [7, 11) is 0. The molecule has 0 aliphatic heterocycles. The molecule has 3 rings (SSSR count). The van der Waals surface area contributed by atoms with Gasteiger partial charge in [0.15, 0.2) is 0 Å². The van der Waals surface area contributed by atoms with E-state index in [1.54, 1.807) is 6.33 Å². The second-order valence-electron chi connectivity index (χ2n) is 4.70. The Hall–Kier alpha value is -2.49. The van der Waals surface area contributed by atoms with Crippen LogP contribution in [0.3, 0.4) is 0 Å². The molecular formula is C15H16N4. The third kappa shape index (κ3) is 2.38. The Bertz CT molecular complexity index is 715. The molecule has 0 radical (unpaired) electrons. The highest BCUT2D eigenvalue weighted by Gasteiger charge is 2.01. The van der Waals surface area contributed by atoms with E-state index in [4.69, 9.17) is 5.73 Å². The Morgan fingerprint density at radius 1 is 1.21 bits per heavy atom. The zero-order chi connectivity index (χ0) is 13.2. The first-order valence-corrected chi connectivity index (χ1v) is 6.24. The lowest BCUT2D eigenvalue weighted by Gasteiger charge is -2.10. The van der Waals surface area contributed by atoms with Crippen molar-refractivity contribution in [2.45, 2.75) is 13.5 Å². The van der Waals surface area contributed by atoms with Crippen LogP contribution in [0.25, 0.3) is 11.0 Å². The summed E-state index contributed by atoms with van der Waals surface area (Å²) in [5.74, 6) is 0. The van der Waals surface area contributed by atoms with Crippen molar-refractivity contribution in [3.63, 3.8) is 0 Å². The summed E-state index contributed by atoms with van der Waals surface area (Å²) >= 11 is 0. The molecule has 0 atom stereocenters. The Balaban J connectivity index is 1.77. The number of nitrogens with two attached hydrogens (primary N) is 1. The third-order valence-corrected chi connectivity index (χ3v) is 3.17. The lowest BCUT2D eigenvalue weighted by atomic mass is 10.1. The highest BCUT2D eigenvalue weighted by atomic mass is 14.9. The molecular weight excluding hydrogens is 236 g/mol. The van der Waals surface area contributed by atoms with Gasteiger partial charge in [0.05, 0.1) is 28.7 Å². The molecule has 0 spiro atoms. The molecule has 1 aromatic heterocycles. The summed E-state index contributed by atoms with van der Waals surface area (Å²) in [5, 5.41) is 3.35. The van der Waals surface area contributed by atoms with Gasteiger partial charge in [-0.05, 0) is 42.3 Å². The van der Waals surface area contributed by atoms with Crippen molar-refractivity contribution in [3.05, 3.63) is 53.9 Å². The van der Waals surface area contributed by atoms with Gasteiger partial charge in [-0.25, -0.2) is 4.98 Å². The highest BCUT2D eigenvalue weighted by Crippen LogP contribution is 2.20. The minimum Gasteiger partial charge on any atom is -0.397 e. The van der Waals surface area contributed by atoms with E-state index in [1.165, 1.54) is 11.1 Å². The van der Waals surface area contributed by atoms with Gasteiger partial charge in [0.25, 0.3) is 0 Å². The molecule has 4 N–H and O–H groups in total. The molecule has 0 aliphatic rings. The largest absolute Gasteiger partial charge is 0.397 e. The molecule has 0 unspecified atom stereocenters. The van der Waals surface area contributed by atoms with E-state index in [1.807, 2.05) is 25.1 Å². The van der Waals surface area contributed by atoms with Gasteiger partial charge in [-0.2, -0.15) is 0 Å². The quantitative estimate of drug-likeness (QED) is 0.627. The summed E-state index contributed by atoms with van der Waals surface area (Å²) in [6.45, 7) is 2.77. The Labute approximate surface area is 111 Å². The van der Waals surface area contributed by atoms with Crippen LogP contribution in [0.5, 0.6) is 0 Å². The first-order chi connectivity index (χ1) is 9.22. The lowest BCUT2D eigenvalue weighted by Crippen LogP contribution is -2.02. The van der Waals surface area contributed by atoms with Crippen molar-refractivity contribution in [1.29, 1.82) is 0 Å². The van der Waals surface area contributed by atoms with E-state index in [2.05, 4.69) is 33.5 Å². The maximum Gasteiger partial charge on any atom is 0.0931 e. The van der Waals surface area contributed by atoms with E-state index in [0.29, 0.717) is 0 Å². The SMILES string of the molecule is Cc1ccc(NCc2ccc3nc[nH]c3c2)c(N)c1. The van der Waals surface area contributed by atoms with Crippen molar-refractivity contribution >= 4 is 22.4 Å². The molecule has 0 amide bonds. The van der Waals surface area contributed by atoms with Gasteiger partial charge >= 0.3 is 0 Å². The number of anilines is 2. The number of hydrogen-bond acceptors (Lipinski definition) is 3. The number of fused-ring (bicyclic) bond motifs is 1. The molecule has 19 heavy (non-hydrogen) atoms. The summed E-state index contributed by atoms with van der Waals surface area (Å²) < 4.78 is 0. The third-order valence-electron chi connectivity index (χ3n) is 3.17. The van der Waals surface area contributed by atoms with Gasteiger partial charge in [0, 0.05) is 6.54 Å². The fourth-order valence-electron chi connectivity index (χ4n) is 2.13. The van der Waals surface area contributed by atoms with Crippen molar-refractivity contribution in [1.82, 2.24) is 9.97 Å². The molecule has 96 valence electrons. The number of nitrogens with one attached hydrogen (secondary N) is 2. The van der Waals surface area contributed by atoms with Crippen molar-refractivity contribution in [3.8, 4) is 0 Å². The zero-order valence-electron chi connectivity index (χ0n) is 10.8. The summed E-state index contributed by atoms with van der Waals surface area (Å²) in [6.07, 6.45) is 1.71. The second-order valence-corrected chi connectivity index (χ2v) is 4.70. The van der Waals surface area contributed by atoms with Gasteiger partial charge < -0.3 is 16.0 Å². The van der Waals surface area contributed by atoms with Crippen molar-refractivity contribution < 1.29 is 0 Å². The number of H-pyrrole nitrogens is 1. The predicted octanol–water partition coefficient (Wildman–Crippen LogP) is 3.07. The average molecular weight is 252 g/mol. The highest BCUT2D eigenvalue weighted by molar-refractivity contribution is 5.75. The summed E-state index contributed by atoms with van der Waals surface area (Å²) in [5.41, 5.74) is 12.1. The molecule has 2 aromatic carbocycles. The molecule has 4 nitrogen and oxygen atoms in total. The van der Waals surface area contributed by atoms with Crippen LogP contribution in [0.15, 0.2) is 42.7 Å². The van der Waals surface area contributed by atoms with Gasteiger partial charge in [0.1, 0.15) is 0 Å². The Kier molecular flexibility index (Phi) is 2.83. The van der Waals surface area contributed by atoms with E-state index >= 15 is 0 Å². The van der Waals surface area contributed by atoms with Crippen molar-refractivity contribution in [2.75, 3.05) is 11.1 Å². The molecule has 0 aliphatic carbocycles. The van der Waals surface area contributed by atoms with Crippen LogP contribution >= 0.6 is 0 Å². The molecule has 0 saturated carbocycles. The number of benzene rings is 2. The van der Waals surface area contributed by atoms with E-state index in [0.717, 1.165) is 29.0 Å². The van der Waals surface area contributed by atoms with Crippen LogP contribution in [0.1, 0.15) is 11.1 Å². The maximum atomic E-state index is 5.98. The minimum atomic E-state index is 0.738. The fraction of sp³-hybridized carbons (Fsp3) is 0.133. The monoisotopic (exact) mass is 252 g/mol. The van der Waals surface area contributed by atoms with E-state index in [-0.39, 0.29) is 0 Å². The molecule has 4 heteroatoms. The topological polar surface area (TPSA) is 66.7 Å². The predicted molar refractivity (Wildman–Crippen MR) is 79.0 cm³/mol. The number of imidazole rings is 1. The fourth-order valence-corrected chi connectivity index (χ4v) is 2.13. The van der Waals surface area contributed by atoms with Crippen LogP contribution in [0.2, 0.25) is 0 Å². The molecule has 1 heterocycles. The van der Waals surface area contributed by atoms with Gasteiger partial charge in [-0.3, -0.25) is 0 Å². The normalized spacial score (nSPS) is 10.8. The number of aromatic amines is 1. The standard InChI is InChI=1S/C15H16N4/c1-10-2-4-13(12(16)6-10)17-8-11-3-5-14-15(7-11)19-9-18-14/h2-7,9,17H,8,16H2,1H3,(H,18,19). The van der Waals surface area contributed by atoms with Gasteiger partial charge in [0.2, 0.25) is 0 Å². The zero-order valence-corrected chi connectivity index (χ0v) is 10.8. The number of nitrogen functional groups attached to an aromatic ring is 1. The Morgan fingerprint density at radius 3 is 2.95 bits per heavy atom. The first kappa shape index (κ1) is 11.6. The number of nitrogens with zero attached hydrogens (tertiary/aromatic N) is 1. The number of aromatic nitrogens is 2. The van der Waals surface area contributed by atoms with Crippen LogP contribution < -0.4 is 11.1 Å². The maximum absolute atomic E-state index is 5.98. The minimum absolute atomic E-state index is 0.738. The number of rotatable bonds is 3. The van der Waals surface area contributed by atoms with Crippen LogP contribution in [-0.4, -0.2) is 9.97 Å². The van der Waals surface area contributed by atoms with E-state index in [9.17, 15) is 0 Å². The number of aryl methyl sites for hydroxylation is 1. The molecule has 0 bridgehead atoms. The van der Waals surface area contributed by atoms with Crippen molar-refractivity contribution in [2.24, 2.45) is 0 Å². The number of hydrogen-bond donors (Lipinski definition) is 3. The summed E-state index contributed by atoms with van der Waals surface area (Å²) in [4.78, 5) is 7.32. The average Bonchev–Trinajstić information content (AvgIpc) is 2.85. The smallest absolute Gasteiger partial charge is 0.0931 e. The summed E-state index contributed by atoms with van der Waals surface area (Å²) in [6, 6.07) is 12.2. The van der Waals surface area contributed by atoms with Gasteiger partial charge in [-0.1, -0.05) is 12.1 Å². The second kappa shape index (κ2) is 4.65. The first-order valence-electron chi connectivity index (χ1n) is 6.24. The molecule has 0 fully saturated rings. The molecule has 3 aromatic rings. The van der Waals surface area contributed by atoms with Gasteiger partial charge in [-0.15, -0.1) is 0 Å². The van der Waals surface area contributed by atoms with Crippen LogP contribution in [-0.2, 0) is 6.54 Å². The van der Waals surface area contributed by atoms with Crippen LogP contribution in [0, 0.1) is 6.92 Å². The van der Waals surface area contributed by atoms with Crippen LogP contribution in [0.4, 0.5) is 11.4 Å². The lowest BCUT2D eigenvalue weighted by molar-refractivity contribution is 1.15. The molecule has 0 saturated heterocycles. The Morgan fingerprint density at radius 2 is 2.11 bits per heavy atom. The van der Waals surface area contributed by atoms with E-state index < -0.39 is 0 Å².